The van der Waals surface area contributed by atoms with Gasteiger partial charge >= 0.3 is 0 Å². The average Bonchev–Trinajstić information content (AvgIpc) is 2.71. The maximum absolute atomic E-state index is 6.04. The number of nitrogens with zero attached hydrogens (tertiary/aromatic N) is 2. The Hall–Kier alpha value is -3.02. The number of nitrogens with one attached hydrogen (secondary N) is 2. The van der Waals surface area contributed by atoms with Crippen molar-refractivity contribution in [3.05, 3.63) is 83.5 Å². The largest absolute Gasteiger partial charge is 0.298 e. The SMILES string of the molecule is C/C(=N\C(=S)NNc1ccnc2cc(Cl)ccc12)c1ccc2ccccc2c1. The van der Waals surface area contributed by atoms with Crippen molar-refractivity contribution in [2.75, 3.05) is 5.43 Å². The van der Waals surface area contributed by atoms with Crippen LogP contribution in [0.15, 0.2) is 77.9 Å². The van der Waals surface area contributed by atoms with E-state index in [4.69, 9.17) is 23.8 Å². The summed E-state index contributed by atoms with van der Waals surface area (Å²) in [6, 6.07) is 21.9. The minimum absolute atomic E-state index is 0.351. The van der Waals surface area contributed by atoms with Crippen LogP contribution in [0.25, 0.3) is 21.7 Å². The molecule has 0 spiro atoms. The van der Waals surface area contributed by atoms with E-state index >= 15 is 0 Å². The molecule has 0 saturated carbocycles. The van der Waals surface area contributed by atoms with Crippen molar-refractivity contribution in [1.82, 2.24) is 10.4 Å². The number of rotatable bonds is 3. The summed E-state index contributed by atoms with van der Waals surface area (Å²) in [6.45, 7) is 1.95. The Morgan fingerprint density at radius 2 is 1.82 bits per heavy atom. The highest BCUT2D eigenvalue weighted by atomic mass is 35.5. The minimum atomic E-state index is 0.351. The van der Waals surface area contributed by atoms with Gasteiger partial charge in [0.25, 0.3) is 0 Å². The third-order valence-corrected chi connectivity index (χ3v) is 4.87. The summed E-state index contributed by atoms with van der Waals surface area (Å²) in [5.74, 6) is 0. The molecule has 0 fully saturated rings. The molecule has 6 heteroatoms. The average molecular weight is 405 g/mol. The Balaban J connectivity index is 1.50. The highest BCUT2D eigenvalue weighted by Gasteiger charge is 2.04. The fourth-order valence-corrected chi connectivity index (χ4v) is 3.36. The summed E-state index contributed by atoms with van der Waals surface area (Å²) in [5.41, 5.74) is 9.62. The zero-order chi connectivity index (χ0) is 19.5. The van der Waals surface area contributed by atoms with Gasteiger partial charge in [0.05, 0.1) is 11.2 Å². The van der Waals surface area contributed by atoms with Crippen LogP contribution in [0.1, 0.15) is 12.5 Å². The third-order valence-electron chi connectivity index (χ3n) is 4.45. The maximum atomic E-state index is 6.04. The second-order valence-corrected chi connectivity index (χ2v) is 7.16. The van der Waals surface area contributed by atoms with Crippen molar-refractivity contribution in [3.8, 4) is 0 Å². The first-order chi connectivity index (χ1) is 13.6. The molecule has 3 aromatic carbocycles. The number of hydrogen-bond donors (Lipinski definition) is 2. The number of halogens is 1. The lowest BCUT2D eigenvalue weighted by Crippen LogP contribution is -2.27. The van der Waals surface area contributed by atoms with Gasteiger partial charge in [0, 0.05) is 22.3 Å². The summed E-state index contributed by atoms with van der Waals surface area (Å²) in [4.78, 5) is 8.83. The molecule has 0 aliphatic carbocycles. The molecule has 4 rings (SSSR count). The standard InChI is InChI=1S/C22H17ClN4S/c1-14(16-7-6-15-4-2-3-5-17(15)12-16)25-22(28)27-26-20-10-11-24-21-13-18(23)8-9-19(20)21/h2-13H,1H3,(H,24,26)(H,27,28)/b25-14+. The van der Waals surface area contributed by atoms with Gasteiger partial charge < -0.3 is 0 Å². The van der Waals surface area contributed by atoms with E-state index in [0.717, 1.165) is 27.9 Å². The first-order valence-electron chi connectivity index (χ1n) is 8.75. The number of benzene rings is 3. The topological polar surface area (TPSA) is 49.3 Å². The van der Waals surface area contributed by atoms with E-state index in [9.17, 15) is 0 Å². The summed E-state index contributed by atoms with van der Waals surface area (Å²) in [6.07, 6.45) is 1.72. The Labute approximate surface area is 173 Å². The van der Waals surface area contributed by atoms with Crippen molar-refractivity contribution in [1.29, 1.82) is 0 Å². The first-order valence-corrected chi connectivity index (χ1v) is 9.53. The number of thiocarbonyl (C=S) groups is 1. The van der Waals surface area contributed by atoms with E-state index in [1.165, 1.54) is 10.8 Å². The number of hydrazine groups is 1. The van der Waals surface area contributed by atoms with Gasteiger partial charge in [-0.1, -0.05) is 48.0 Å². The number of fused-ring (bicyclic) bond motifs is 2. The quantitative estimate of drug-likeness (QED) is 0.259. The number of aliphatic imine (C=N–C) groups is 1. The summed E-state index contributed by atoms with van der Waals surface area (Å²) in [7, 11) is 0. The number of pyridine rings is 1. The van der Waals surface area contributed by atoms with Crippen molar-refractivity contribution < 1.29 is 0 Å². The minimum Gasteiger partial charge on any atom is -0.298 e. The molecule has 1 aromatic heterocycles. The van der Waals surface area contributed by atoms with Crippen LogP contribution < -0.4 is 10.9 Å². The van der Waals surface area contributed by atoms with Gasteiger partial charge in [0.15, 0.2) is 0 Å². The van der Waals surface area contributed by atoms with E-state index in [2.05, 4.69) is 51.2 Å². The molecule has 0 bridgehead atoms. The highest BCUT2D eigenvalue weighted by Crippen LogP contribution is 2.23. The molecule has 0 radical (unpaired) electrons. The summed E-state index contributed by atoms with van der Waals surface area (Å²) >= 11 is 11.4. The fourth-order valence-electron chi connectivity index (χ4n) is 3.01. The van der Waals surface area contributed by atoms with Crippen LogP contribution in [-0.4, -0.2) is 15.8 Å². The molecule has 0 aliphatic rings. The van der Waals surface area contributed by atoms with Crippen LogP contribution >= 0.6 is 23.8 Å². The fraction of sp³-hybridized carbons (Fsp3) is 0.0455. The molecule has 4 nitrogen and oxygen atoms in total. The lowest BCUT2D eigenvalue weighted by atomic mass is 10.0. The predicted octanol–water partition coefficient (Wildman–Crippen LogP) is 5.75. The lowest BCUT2D eigenvalue weighted by Gasteiger charge is -2.11. The zero-order valence-electron chi connectivity index (χ0n) is 15.1. The van der Waals surface area contributed by atoms with Gasteiger partial charge in [-0.15, -0.1) is 0 Å². The van der Waals surface area contributed by atoms with Gasteiger partial charge in [-0.05, 0) is 65.8 Å². The molecule has 2 N–H and O–H groups in total. The molecule has 138 valence electrons. The van der Waals surface area contributed by atoms with Crippen LogP contribution in [0.4, 0.5) is 5.69 Å². The molecule has 28 heavy (non-hydrogen) atoms. The molecule has 0 atom stereocenters. The van der Waals surface area contributed by atoms with Gasteiger partial charge in [-0.3, -0.25) is 15.8 Å². The van der Waals surface area contributed by atoms with Crippen molar-refractivity contribution in [2.45, 2.75) is 6.92 Å². The normalized spacial score (nSPS) is 11.6. The van der Waals surface area contributed by atoms with Crippen LogP contribution in [0.3, 0.4) is 0 Å². The molecule has 0 unspecified atom stereocenters. The first kappa shape index (κ1) is 18.3. The van der Waals surface area contributed by atoms with Crippen molar-refractivity contribution in [2.24, 2.45) is 4.99 Å². The molecular weight excluding hydrogens is 388 g/mol. The predicted molar refractivity (Wildman–Crippen MR) is 122 cm³/mol. The molecule has 4 aromatic rings. The van der Waals surface area contributed by atoms with Crippen LogP contribution in [0.2, 0.25) is 5.02 Å². The lowest BCUT2D eigenvalue weighted by molar-refractivity contribution is 1.13. The second kappa shape index (κ2) is 7.92. The monoisotopic (exact) mass is 404 g/mol. The summed E-state index contributed by atoms with van der Waals surface area (Å²) < 4.78 is 0. The van der Waals surface area contributed by atoms with E-state index in [1.54, 1.807) is 6.20 Å². The second-order valence-electron chi connectivity index (χ2n) is 6.33. The molecule has 1 heterocycles. The van der Waals surface area contributed by atoms with E-state index in [-0.39, 0.29) is 0 Å². The van der Waals surface area contributed by atoms with Crippen LogP contribution in [-0.2, 0) is 0 Å². The van der Waals surface area contributed by atoms with Gasteiger partial charge in [-0.2, -0.15) is 0 Å². The number of aromatic nitrogens is 1. The van der Waals surface area contributed by atoms with Crippen molar-refractivity contribution in [3.63, 3.8) is 0 Å². The molecule has 0 saturated heterocycles. The molecule has 0 amide bonds. The van der Waals surface area contributed by atoms with E-state index < -0.39 is 0 Å². The van der Waals surface area contributed by atoms with E-state index in [1.807, 2.05) is 43.3 Å². The summed E-state index contributed by atoms with van der Waals surface area (Å²) in [5, 5.41) is 4.32. The third kappa shape index (κ3) is 3.96. The Kier molecular flexibility index (Phi) is 5.19. The van der Waals surface area contributed by atoms with E-state index in [0.29, 0.717) is 10.1 Å². The molecule has 0 aliphatic heterocycles. The Bertz CT molecular complexity index is 1220. The smallest absolute Gasteiger partial charge is 0.211 e. The Morgan fingerprint density at radius 1 is 1.00 bits per heavy atom. The van der Waals surface area contributed by atoms with Gasteiger partial charge in [0.2, 0.25) is 5.11 Å². The maximum Gasteiger partial charge on any atom is 0.211 e. The van der Waals surface area contributed by atoms with Gasteiger partial charge in [0.1, 0.15) is 0 Å². The van der Waals surface area contributed by atoms with Gasteiger partial charge in [-0.25, -0.2) is 4.99 Å². The van der Waals surface area contributed by atoms with Crippen LogP contribution in [0.5, 0.6) is 0 Å². The van der Waals surface area contributed by atoms with Crippen molar-refractivity contribution >= 4 is 62.0 Å². The number of anilines is 1. The highest BCUT2D eigenvalue weighted by molar-refractivity contribution is 7.80. The number of hydrogen-bond acceptors (Lipinski definition) is 3. The molecular formula is C22H17ClN4S. The Morgan fingerprint density at radius 3 is 2.68 bits per heavy atom. The van der Waals surface area contributed by atoms with Crippen LogP contribution in [0, 0.1) is 0 Å². The zero-order valence-corrected chi connectivity index (χ0v) is 16.7.